The van der Waals surface area contributed by atoms with Crippen LogP contribution in [0, 0.1) is 11.8 Å². The zero-order valence-electron chi connectivity index (χ0n) is 12.9. The molecular weight excluding hydrogens is 278 g/mol. The molecule has 1 aromatic rings. The first-order chi connectivity index (χ1) is 10.6. The van der Waals surface area contributed by atoms with Crippen molar-refractivity contribution in [2.45, 2.75) is 44.6 Å². The fourth-order valence-electron chi connectivity index (χ4n) is 3.14. The van der Waals surface area contributed by atoms with E-state index in [4.69, 9.17) is 5.11 Å². The average molecular weight is 301 g/mol. The molecule has 3 atom stereocenters. The van der Waals surface area contributed by atoms with Gasteiger partial charge in [0.2, 0.25) is 5.91 Å². The van der Waals surface area contributed by atoms with Gasteiger partial charge in [-0.15, -0.1) is 0 Å². The van der Waals surface area contributed by atoms with E-state index in [9.17, 15) is 9.59 Å². The van der Waals surface area contributed by atoms with Crippen molar-refractivity contribution in [2.24, 2.45) is 11.8 Å². The number of amides is 1. The highest BCUT2D eigenvalue weighted by Gasteiger charge is 2.42. The zero-order valence-corrected chi connectivity index (χ0v) is 12.9. The minimum Gasteiger partial charge on any atom is -0.481 e. The van der Waals surface area contributed by atoms with Crippen LogP contribution in [0.25, 0.3) is 0 Å². The fraction of sp³-hybridized carbons (Fsp3) is 0.556. The molecule has 118 valence electrons. The summed E-state index contributed by atoms with van der Waals surface area (Å²) < 4.78 is 0. The molecule has 1 unspecified atom stereocenters. The van der Waals surface area contributed by atoms with E-state index in [1.165, 1.54) is 5.56 Å². The molecule has 0 saturated heterocycles. The van der Waals surface area contributed by atoms with Crippen molar-refractivity contribution in [2.75, 3.05) is 6.54 Å². The van der Waals surface area contributed by atoms with Gasteiger partial charge in [-0.25, -0.2) is 0 Å². The molecule has 2 fully saturated rings. The molecule has 0 heterocycles. The lowest BCUT2D eigenvalue weighted by molar-refractivity contribution is -0.143. The molecule has 0 aliphatic heterocycles. The molecule has 0 aromatic heterocycles. The largest absolute Gasteiger partial charge is 0.481 e. The van der Waals surface area contributed by atoms with Crippen LogP contribution in [0.2, 0.25) is 0 Å². The second-order valence-corrected chi connectivity index (χ2v) is 6.73. The van der Waals surface area contributed by atoms with Crippen LogP contribution in [0.4, 0.5) is 0 Å². The molecule has 4 heteroatoms. The molecular formula is C18H23NO3. The predicted octanol–water partition coefficient (Wildman–Crippen LogP) is 2.89. The highest BCUT2D eigenvalue weighted by Crippen LogP contribution is 2.50. The van der Waals surface area contributed by atoms with E-state index in [1.54, 1.807) is 6.92 Å². The van der Waals surface area contributed by atoms with Crippen LogP contribution >= 0.6 is 0 Å². The molecule has 1 amide bonds. The first-order valence-corrected chi connectivity index (χ1v) is 8.13. The summed E-state index contributed by atoms with van der Waals surface area (Å²) in [6.45, 7) is 2.02. The SMILES string of the molecule is CC(CN(C(=O)C[C@@H]1C[C@H]1c1ccccc1)C1CC1)C(=O)O. The maximum atomic E-state index is 12.5. The first-order valence-electron chi connectivity index (χ1n) is 8.13. The molecule has 22 heavy (non-hydrogen) atoms. The van der Waals surface area contributed by atoms with Crippen molar-refractivity contribution in [3.05, 3.63) is 35.9 Å². The number of carboxylic acid groups (broad SMARTS) is 1. The summed E-state index contributed by atoms with van der Waals surface area (Å²) in [5.41, 5.74) is 1.32. The van der Waals surface area contributed by atoms with Crippen LogP contribution in [0.5, 0.6) is 0 Å². The second-order valence-electron chi connectivity index (χ2n) is 6.73. The molecule has 1 aromatic carbocycles. The summed E-state index contributed by atoms with van der Waals surface area (Å²) in [7, 11) is 0. The number of carbonyl (C=O) groups excluding carboxylic acids is 1. The highest BCUT2D eigenvalue weighted by molar-refractivity contribution is 5.79. The van der Waals surface area contributed by atoms with Gasteiger partial charge in [0.25, 0.3) is 0 Å². The van der Waals surface area contributed by atoms with Crippen LogP contribution in [0.3, 0.4) is 0 Å². The lowest BCUT2D eigenvalue weighted by Crippen LogP contribution is -2.38. The van der Waals surface area contributed by atoms with E-state index in [2.05, 4.69) is 12.1 Å². The van der Waals surface area contributed by atoms with Gasteiger partial charge in [0, 0.05) is 19.0 Å². The number of benzene rings is 1. The van der Waals surface area contributed by atoms with Gasteiger partial charge in [-0.3, -0.25) is 9.59 Å². The number of nitrogens with zero attached hydrogens (tertiary/aromatic N) is 1. The Morgan fingerprint density at radius 2 is 1.95 bits per heavy atom. The van der Waals surface area contributed by atoms with Gasteiger partial charge in [-0.1, -0.05) is 37.3 Å². The number of hydrogen-bond acceptors (Lipinski definition) is 2. The summed E-state index contributed by atoms with van der Waals surface area (Å²) in [6.07, 6.45) is 3.67. The topological polar surface area (TPSA) is 57.6 Å². The summed E-state index contributed by atoms with van der Waals surface area (Å²) >= 11 is 0. The number of hydrogen-bond donors (Lipinski definition) is 1. The second kappa shape index (κ2) is 6.11. The molecule has 2 aliphatic carbocycles. The zero-order chi connectivity index (χ0) is 15.7. The summed E-state index contributed by atoms with van der Waals surface area (Å²) in [4.78, 5) is 25.4. The van der Waals surface area contributed by atoms with Crippen LogP contribution < -0.4 is 0 Å². The maximum Gasteiger partial charge on any atom is 0.308 e. The van der Waals surface area contributed by atoms with Crippen LogP contribution in [-0.4, -0.2) is 34.5 Å². The van der Waals surface area contributed by atoms with Crippen LogP contribution in [0.1, 0.15) is 44.1 Å². The van der Waals surface area contributed by atoms with E-state index in [-0.39, 0.29) is 11.9 Å². The van der Waals surface area contributed by atoms with Gasteiger partial charge in [0.05, 0.1) is 5.92 Å². The molecule has 2 aliphatic rings. The van der Waals surface area contributed by atoms with Crippen LogP contribution in [-0.2, 0) is 9.59 Å². The van der Waals surface area contributed by atoms with Gasteiger partial charge in [-0.2, -0.15) is 0 Å². The maximum absolute atomic E-state index is 12.5. The Kier molecular flexibility index (Phi) is 4.19. The number of carboxylic acids is 1. The van der Waals surface area contributed by atoms with Crippen molar-refractivity contribution >= 4 is 11.9 Å². The standard InChI is InChI=1S/C18H23NO3/c1-12(18(21)22)11-19(15-7-8-15)17(20)10-14-9-16(14)13-5-3-2-4-6-13/h2-6,12,14-16H,7-11H2,1H3,(H,21,22)/t12?,14-,16-/m0/s1. The normalized spacial score (nSPS) is 24.6. The smallest absolute Gasteiger partial charge is 0.308 e. The molecule has 0 bridgehead atoms. The third-order valence-corrected chi connectivity index (χ3v) is 4.79. The number of carbonyl (C=O) groups is 2. The third kappa shape index (κ3) is 3.49. The van der Waals surface area contributed by atoms with E-state index in [1.807, 2.05) is 23.1 Å². The number of rotatable bonds is 7. The van der Waals surface area contributed by atoms with Crippen molar-refractivity contribution in [3.8, 4) is 0 Å². The number of aliphatic carboxylic acids is 1. The fourth-order valence-corrected chi connectivity index (χ4v) is 3.14. The Labute approximate surface area is 131 Å². The quantitative estimate of drug-likeness (QED) is 0.842. The molecule has 0 spiro atoms. The Bertz CT molecular complexity index is 553. The lowest BCUT2D eigenvalue weighted by Gasteiger charge is -2.24. The van der Waals surface area contributed by atoms with Crippen LogP contribution in [0.15, 0.2) is 30.3 Å². The molecule has 0 radical (unpaired) electrons. The Morgan fingerprint density at radius 3 is 2.55 bits per heavy atom. The minimum atomic E-state index is -0.827. The predicted molar refractivity (Wildman–Crippen MR) is 83.4 cm³/mol. The van der Waals surface area contributed by atoms with E-state index in [0.717, 1.165) is 19.3 Å². The Hall–Kier alpha value is -1.84. The van der Waals surface area contributed by atoms with E-state index >= 15 is 0 Å². The van der Waals surface area contributed by atoms with Gasteiger partial charge in [0.15, 0.2) is 0 Å². The summed E-state index contributed by atoms with van der Waals surface area (Å²) in [5.74, 6) is -0.251. The van der Waals surface area contributed by atoms with Gasteiger partial charge < -0.3 is 10.0 Å². The van der Waals surface area contributed by atoms with Crippen molar-refractivity contribution < 1.29 is 14.7 Å². The average Bonchev–Trinajstić information content (AvgIpc) is 3.40. The van der Waals surface area contributed by atoms with Gasteiger partial charge >= 0.3 is 5.97 Å². The van der Waals surface area contributed by atoms with E-state index in [0.29, 0.717) is 24.8 Å². The van der Waals surface area contributed by atoms with Crippen molar-refractivity contribution in [3.63, 3.8) is 0 Å². The lowest BCUT2D eigenvalue weighted by atomic mass is 10.1. The van der Waals surface area contributed by atoms with Gasteiger partial charge in [-0.05, 0) is 36.7 Å². The van der Waals surface area contributed by atoms with E-state index < -0.39 is 11.9 Å². The minimum absolute atomic E-state index is 0.138. The molecule has 2 saturated carbocycles. The Morgan fingerprint density at radius 1 is 1.27 bits per heavy atom. The monoisotopic (exact) mass is 301 g/mol. The van der Waals surface area contributed by atoms with Crippen molar-refractivity contribution in [1.82, 2.24) is 4.90 Å². The highest BCUT2D eigenvalue weighted by atomic mass is 16.4. The Balaban J connectivity index is 1.55. The third-order valence-electron chi connectivity index (χ3n) is 4.79. The first kappa shape index (κ1) is 15.1. The molecule has 4 nitrogen and oxygen atoms in total. The van der Waals surface area contributed by atoms with Crippen molar-refractivity contribution in [1.29, 1.82) is 0 Å². The summed E-state index contributed by atoms with van der Waals surface area (Å²) in [6, 6.07) is 10.6. The summed E-state index contributed by atoms with van der Waals surface area (Å²) in [5, 5.41) is 9.06. The van der Waals surface area contributed by atoms with Gasteiger partial charge in [0.1, 0.15) is 0 Å². The molecule has 1 N–H and O–H groups in total. The molecule has 3 rings (SSSR count).